The van der Waals surface area contributed by atoms with Gasteiger partial charge in [-0.1, -0.05) is 34.3 Å². The van der Waals surface area contributed by atoms with E-state index in [1.807, 2.05) is 34.7 Å². The van der Waals surface area contributed by atoms with Crippen LogP contribution in [0.4, 0.5) is 17.6 Å². The van der Waals surface area contributed by atoms with Crippen LogP contribution in [0.3, 0.4) is 0 Å². The van der Waals surface area contributed by atoms with Crippen LogP contribution >= 0.6 is 11.3 Å². The number of piperidine rings is 2. The molecule has 0 radical (unpaired) electrons. The third-order valence-corrected chi connectivity index (χ3v) is 16.2. The van der Waals surface area contributed by atoms with Gasteiger partial charge in [0.15, 0.2) is 0 Å². The molecule has 5 aliphatic heterocycles. The van der Waals surface area contributed by atoms with Crippen LogP contribution in [-0.4, -0.2) is 163 Å². The second kappa shape index (κ2) is 22.5. The fraction of sp³-hybridized carbons (Fsp3) is 0.623. The Morgan fingerprint density at radius 2 is 1.80 bits per heavy atom. The standard InChI is InChI=1S/C53H72F4N10O6S/c1-32(2)46(65-17-10-12-52(50(65)71)13-15-58-16-14-52)47(68)61-41-26-45-60-42(29-74-45)36-23-35-37(27-51(5,6)31-73-49(70)39-11-9-18-67(62-39)48(41)69)44(66(30-53(55,56)57)43(35)24-38(36)54)25-40(34(4)72-8)59-28-33(3)64-21-19-63(7)20-22-64/h23-25,28-29,32,34,39,41,46,58,62H,3,9-22,26-27,30-31H2,1-2,4-8H3,(H,61,68)/b40-25+,59-28?/t34-,39-,41-,46-/m0/s1. The molecule has 0 unspecified atom stereocenters. The van der Waals surface area contributed by atoms with Gasteiger partial charge in [0.2, 0.25) is 11.8 Å². The van der Waals surface area contributed by atoms with Crippen LogP contribution in [0.15, 0.2) is 40.5 Å². The van der Waals surface area contributed by atoms with Crippen molar-refractivity contribution in [3.63, 3.8) is 0 Å². The maximum Gasteiger partial charge on any atom is 0.406 e. The van der Waals surface area contributed by atoms with Crippen LogP contribution in [0.25, 0.3) is 28.2 Å². The average molecular weight is 1050 g/mol. The molecular formula is C53H72F4N10O6S. The van der Waals surface area contributed by atoms with Crippen molar-refractivity contribution in [3.8, 4) is 11.3 Å². The highest BCUT2D eigenvalue weighted by molar-refractivity contribution is 7.10. The number of piperazine rings is 1. The Kier molecular flexibility index (Phi) is 16.8. The molecule has 16 nitrogen and oxygen atoms in total. The molecule has 0 saturated carbocycles. The zero-order chi connectivity index (χ0) is 53.3. The minimum atomic E-state index is -4.73. The van der Waals surface area contributed by atoms with Crippen molar-refractivity contribution in [2.24, 2.45) is 21.7 Å². The van der Waals surface area contributed by atoms with Crippen molar-refractivity contribution in [2.75, 3.05) is 73.1 Å². The summed E-state index contributed by atoms with van der Waals surface area (Å²) in [6.07, 6.45) is 1.28. The van der Waals surface area contributed by atoms with Crippen molar-refractivity contribution in [1.82, 2.24) is 45.3 Å². The van der Waals surface area contributed by atoms with Crippen molar-refractivity contribution in [2.45, 2.75) is 123 Å². The summed E-state index contributed by atoms with van der Waals surface area (Å²) >= 11 is 1.14. The number of rotatable bonds is 11. The Morgan fingerprint density at radius 1 is 1.07 bits per heavy atom. The van der Waals surface area contributed by atoms with Gasteiger partial charge in [-0.05, 0) is 102 Å². The van der Waals surface area contributed by atoms with Crippen molar-refractivity contribution in [3.05, 3.63) is 57.6 Å². The van der Waals surface area contributed by atoms with Crippen molar-refractivity contribution in [1.29, 1.82) is 0 Å². The number of aromatic nitrogens is 2. The number of nitrogens with zero attached hydrogens (tertiary/aromatic N) is 7. The number of likely N-dealkylation sites (tertiary alicyclic amines) is 1. The fourth-order valence-corrected chi connectivity index (χ4v) is 11.9. The predicted octanol–water partition coefficient (Wildman–Crippen LogP) is 6.34. The smallest absolute Gasteiger partial charge is 0.406 e. The molecule has 2 aromatic heterocycles. The number of amides is 3. The van der Waals surface area contributed by atoms with E-state index in [0.29, 0.717) is 72.7 Å². The minimum absolute atomic E-state index is 0.0149. The number of fused-ring (bicyclic) bond motifs is 6. The number of carbonyl (C=O) groups excluding carboxylic acids is 4. The number of carbonyl (C=O) groups is 4. The average Bonchev–Trinajstić information content (AvgIpc) is 3.92. The molecule has 1 aromatic carbocycles. The van der Waals surface area contributed by atoms with E-state index in [1.165, 1.54) is 18.2 Å². The van der Waals surface area contributed by atoms with E-state index in [4.69, 9.17) is 19.5 Å². The molecule has 7 heterocycles. The number of benzene rings is 1. The maximum absolute atomic E-state index is 16.8. The molecule has 3 amide bonds. The summed E-state index contributed by atoms with van der Waals surface area (Å²) < 4.78 is 74.0. The lowest BCUT2D eigenvalue weighted by Crippen LogP contribution is -2.64. The molecule has 4 atom stereocenters. The molecule has 74 heavy (non-hydrogen) atoms. The van der Waals surface area contributed by atoms with Gasteiger partial charge >= 0.3 is 12.1 Å². The van der Waals surface area contributed by atoms with Gasteiger partial charge in [0.05, 0.1) is 40.0 Å². The number of cyclic esters (lactones) is 1. The van der Waals surface area contributed by atoms with E-state index in [-0.39, 0.29) is 60.3 Å². The summed E-state index contributed by atoms with van der Waals surface area (Å²) in [5.74, 6) is -2.86. The van der Waals surface area contributed by atoms with E-state index in [2.05, 4.69) is 32.4 Å². The van der Waals surface area contributed by atoms with Gasteiger partial charge in [0.1, 0.15) is 30.5 Å². The van der Waals surface area contributed by atoms with E-state index >= 15 is 4.39 Å². The molecule has 21 heteroatoms. The molecule has 404 valence electrons. The highest BCUT2D eigenvalue weighted by Crippen LogP contribution is 2.42. The number of aliphatic imine (C=N–C) groups is 1. The Labute approximate surface area is 434 Å². The van der Waals surface area contributed by atoms with Crippen molar-refractivity contribution >= 4 is 58.2 Å². The number of thiazole rings is 1. The fourth-order valence-electron chi connectivity index (χ4n) is 11.1. The molecule has 3 aromatic rings. The Balaban J connectivity index is 1.21. The third kappa shape index (κ3) is 12.2. The summed E-state index contributed by atoms with van der Waals surface area (Å²) in [4.78, 5) is 73.3. The Hall–Kier alpha value is -5.22. The van der Waals surface area contributed by atoms with Crippen LogP contribution < -0.4 is 16.1 Å². The first kappa shape index (κ1) is 55.0. The molecule has 6 bridgehead atoms. The van der Waals surface area contributed by atoms with Gasteiger partial charge in [0.25, 0.3) is 5.91 Å². The number of esters is 1. The summed E-state index contributed by atoms with van der Waals surface area (Å²) in [5, 5.41) is 9.97. The maximum atomic E-state index is 16.8. The topological polar surface area (TPSA) is 166 Å². The number of alkyl halides is 3. The number of likely N-dealkylation sites (N-methyl/N-ethyl adjacent to an activating group) is 1. The van der Waals surface area contributed by atoms with Gasteiger partial charge in [-0.3, -0.25) is 29.2 Å². The van der Waals surface area contributed by atoms with Gasteiger partial charge < -0.3 is 39.4 Å². The first-order valence-electron chi connectivity index (χ1n) is 25.9. The SMILES string of the molecule is C=C(C=N/C(=C/c1c2c3cc(c(F)cc3n1CC(F)(F)F)-c1csc(n1)C[C@H](NC(=O)[C@H](C(C)C)N1CCCC3(CCNCC3)C1=O)C(=O)N1CCC[C@H](N1)C(=O)OCC(C)(C)C2)[C@H](C)OC)N1CCN(C)CC1. The molecular weight excluding hydrogens is 981 g/mol. The first-order chi connectivity index (χ1) is 35.1. The molecule has 4 saturated heterocycles. The molecule has 3 N–H and O–H groups in total. The first-order valence-corrected chi connectivity index (χ1v) is 26.8. The number of nitrogens with one attached hydrogen (secondary N) is 3. The second-order valence-electron chi connectivity index (χ2n) is 21.9. The molecule has 4 fully saturated rings. The number of ether oxygens (including phenoxy) is 2. The van der Waals surface area contributed by atoms with Crippen LogP contribution in [-0.2, 0) is 48.0 Å². The third-order valence-electron chi connectivity index (χ3n) is 15.3. The molecule has 0 aliphatic carbocycles. The van der Waals surface area contributed by atoms with Crippen molar-refractivity contribution < 1.29 is 46.2 Å². The van der Waals surface area contributed by atoms with E-state index in [9.17, 15) is 32.3 Å². The summed E-state index contributed by atoms with van der Waals surface area (Å²) in [7, 11) is 3.52. The van der Waals surface area contributed by atoms with Crippen LogP contribution in [0.1, 0.15) is 89.4 Å². The summed E-state index contributed by atoms with van der Waals surface area (Å²) in [6.45, 7) is 16.9. The van der Waals surface area contributed by atoms with Crippen LogP contribution in [0, 0.1) is 22.6 Å². The van der Waals surface area contributed by atoms with E-state index in [1.54, 1.807) is 29.5 Å². The summed E-state index contributed by atoms with van der Waals surface area (Å²) in [6, 6.07) is -0.451. The lowest BCUT2D eigenvalue weighted by atomic mass is 9.71. The highest BCUT2D eigenvalue weighted by Gasteiger charge is 2.48. The largest absolute Gasteiger partial charge is 0.464 e. The molecule has 8 rings (SSSR count). The Bertz CT molecular complexity index is 2640. The van der Waals surface area contributed by atoms with Crippen LogP contribution in [0.2, 0.25) is 0 Å². The molecule has 1 spiro atoms. The minimum Gasteiger partial charge on any atom is -0.464 e. The lowest BCUT2D eigenvalue weighted by molar-refractivity contribution is -0.157. The Morgan fingerprint density at radius 3 is 2.49 bits per heavy atom. The normalized spacial score (nSPS) is 23.4. The zero-order valence-electron chi connectivity index (χ0n) is 43.7. The molecule has 5 aliphatic rings. The number of methoxy groups -OCH3 is 1. The predicted molar refractivity (Wildman–Crippen MR) is 276 cm³/mol. The number of allylic oxidation sites excluding steroid dienone is 1. The monoisotopic (exact) mass is 1050 g/mol. The quantitative estimate of drug-likeness (QED) is 0.112. The summed E-state index contributed by atoms with van der Waals surface area (Å²) in [5.41, 5.74) is 3.27. The van der Waals surface area contributed by atoms with Gasteiger partial charge in [-0.15, -0.1) is 11.3 Å². The van der Waals surface area contributed by atoms with E-state index < -0.39 is 71.4 Å². The second-order valence-corrected chi connectivity index (χ2v) is 22.8. The highest BCUT2D eigenvalue weighted by atomic mass is 32.1. The van der Waals surface area contributed by atoms with Gasteiger partial charge in [-0.25, -0.2) is 14.8 Å². The number of halogens is 4. The number of hydrazine groups is 1. The zero-order valence-corrected chi connectivity index (χ0v) is 44.5. The van der Waals surface area contributed by atoms with Crippen LogP contribution in [0.5, 0.6) is 0 Å². The number of hydrogen-bond donors (Lipinski definition) is 3. The van der Waals surface area contributed by atoms with Gasteiger partial charge in [-0.2, -0.15) is 13.2 Å². The lowest BCUT2D eigenvalue weighted by Gasteiger charge is -2.47. The van der Waals surface area contributed by atoms with E-state index in [0.717, 1.165) is 61.0 Å². The van der Waals surface area contributed by atoms with Gasteiger partial charge in [0, 0.05) is 92.1 Å². The number of hydrogen-bond acceptors (Lipinski definition) is 13.